The number of nitrogens with one attached hydrogen (secondary N) is 2. The number of rotatable bonds is 8. The molecule has 198 valence electrons. The summed E-state index contributed by atoms with van der Waals surface area (Å²) < 4.78 is 25.8. The van der Waals surface area contributed by atoms with Crippen molar-refractivity contribution < 1.29 is 8.78 Å². The summed E-state index contributed by atoms with van der Waals surface area (Å²) in [6.07, 6.45) is 0.925. The van der Waals surface area contributed by atoms with Crippen LogP contribution in [0.15, 0.2) is 54.6 Å². The third-order valence-electron chi connectivity index (χ3n) is 5.24. The SMILES string of the molecule is CC.CCCNc1c(C)cc(F)cc1F.CNC(c1ccccc1N)N(C)Cc1ccc(Cl)cc1Cl. The van der Waals surface area contributed by atoms with E-state index < -0.39 is 11.6 Å². The van der Waals surface area contributed by atoms with Crippen LogP contribution in [-0.2, 0) is 6.54 Å². The maximum absolute atomic E-state index is 13.1. The molecule has 0 spiro atoms. The number of benzene rings is 3. The number of para-hydroxylation sites is 1. The van der Waals surface area contributed by atoms with Crippen molar-refractivity contribution in [3.05, 3.63) is 93.0 Å². The van der Waals surface area contributed by atoms with E-state index in [0.717, 1.165) is 29.3 Å². The van der Waals surface area contributed by atoms with Gasteiger partial charge in [-0.2, -0.15) is 0 Å². The van der Waals surface area contributed by atoms with Crippen LogP contribution in [0.2, 0.25) is 10.0 Å². The van der Waals surface area contributed by atoms with Gasteiger partial charge in [0.15, 0.2) is 0 Å². The van der Waals surface area contributed by atoms with Crippen LogP contribution in [0.3, 0.4) is 0 Å². The van der Waals surface area contributed by atoms with Crippen molar-refractivity contribution in [1.82, 2.24) is 10.2 Å². The molecule has 0 bridgehead atoms. The second-order valence-corrected chi connectivity index (χ2v) is 8.82. The Hall–Kier alpha value is -2.38. The standard InChI is InChI=1S/C16H19Cl2N3.C10H13F2N.C2H6/c1-20-16(13-5-3-4-6-15(13)19)21(2)10-11-7-8-12(17)9-14(11)18;1-3-4-13-10-7(2)5-8(11)6-9(10)12;1-2/h3-9,16,20H,10,19H2,1-2H3;5-6,13H,3-4H2,1-2H3;1-2H3. The molecule has 4 nitrogen and oxygen atoms in total. The smallest absolute Gasteiger partial charge is 0.149 e. The number of hydrogen-bond acceptors (Lipinski definition) is 4. The fourth-order valence-electron chi connectivity index (χ4n) is 3.56. The Kier molecular flexibility index (Phi) is 14.4. The summed E-state index contributed by atoms with van der Waals surface area (Å²) in [5.41, 5.74) is 9.92. The Labute approximate surface area is 224 Å². The molecule has 0 fully saturated rings. The van der Waals surface area contributed by atoms with Crippen molar-refractivity contribution in [2.75, 3.05) is 31.7 Å². The molecule has 3 aromatic rings. The highest BCUT2D eigenvalue weighted by Crippen LogP contribution is 2.27. The van der Waals surface area contributed by atoms with Crippen LogP contribution >= 0.6 is 23.2 Å². The predicted octanol–water partition coefficient (Wildman–Crippen LogP) is 8.05. The molecule has 0 aliphatic carbocycles. The molecule has 0 aliphatic rings. The van der Waals surface area contributed by atoms with Crippen molar-refractivity contribution >= 4 is 34.6 Å². The van der Waals surface area contributed by atoms with E-state index in [1.54, 1.807) is 13.0 Å². The highest BCUT2D eigenvalue weighted by Gasteiger charge is 2.18. The largest absolute Gasteiger partial charge is 0.398 e. The average molecular weight is 540 g/mol. The quantitative estimate of drug-likeness (QED) is 0.200. The molecule has 0 heterocycles. The minimum atomic E-state index is -0.531. The maximum atomic E-state index is 13.1. The maximum Gasteiger partial charge on any atom is 0.149 e. The van der Waals surface area contributed by atoms with Gasteiger partial charge in [0, 0.05) is 40.5 Å². The third kappa shape index (κ3) is 9.58. The van der Waals surface area contributed by atoms with Crippen molar-refractivity contribution in [2.24, 2.45) is 0 Å². The number of anilines is 2. The molecular formula is C28H38Cl2F2N4. The van der Waals surface area contributed by atoms with E-state index in [2.05, 4.69) is 15.5 Å². The summed E-state index contributed by atoms with van der Waals surface area (Å²) in [4.78, 5) is 2.15. The van der Waals surface area contributed by atoms with Gasteiger partial charge < -0.3 is 16.4 Å². The predicted molar refractivity (Wildman–Crippen MR) is 152 cm³/mol. The Bertz CT molecular complexity index is 1060. The first-order valence-corrected chi connectivity index (χ1v) is 12.8. The Morgan fingerprint density at radius 3 is 2.25 bits per heavy atom. The normalized spacial score (nSPS) is 11.2. The minimum absolute atomic E-state index is 0.0120. The monoisotopic (exact) mass is 538 g/mol. The second kappa shape index (κ2) is 16.4. The Balaban J connectivity index is 0.000000371. The van der Waals surface area contributed by atoms with Crippen LogP contribution in [-0.4, -0.2) is 25.5 Å². The van der Waals surface area contributed by atoms with Gasteiger partial charge in [0.2, 0.25) is 0 Å². The fraction of sp³-hybridized carbons (Fsp3) is 0.357. The molecule has 0 aromatic heterocycles. The summed E-state index contributed by atoms with van der Waals surface area (Å²) in [5, 5.41) is 7.52. The van der Waals surface area contributed by atoms with Gasteiger partial charge in [-0.1, -0.05) is 68.2 Å². The molecule has 1 atom stereocenters. The molecule has 0 aliphatic heterocycles. The highest BCUT2D eigenvalue weighted by molar-refractivity contribution is 6.35. The Morgan fingerprint density at radius 2 is 1.69 bits per heavy atom. The van der Waals surface area contributed by atoms with E-state index in [-0.39, 0.29) is 6.17 Å². The number of aryl methyl sites for hydroxylation is 1. The summed E-state index contributed by atoms with van der Waals surface area (Å²) in [7, 11) is 3.94. The lowest BCUT2D eigenvalue weighted by molar-refractivity contribution is 0.209. The third-order valence-corrected chi connectivity index (χ3v) is 5.83. The van der Waals surface area contributed by atoms with E-state index in [9.17, 15) is 8.78 Å². The van der Waals surface area contributed by atoms with Crippen molar-refractivity contribution in [3.63, 3.8) is 0 Å². The van der Waals surface area contributed by atoms with Crippen molar-refractivity contribution in [1.29, 1.82) is 0 Å². The zero-order chi connectivity index (χ0) is 27.3. The first kappa shape index (κ1) is 31.6. The number of hydrogen-bond donors (Lipinski definition) is 3. The highest BCUT2D eigenvalue weighted by atomic mass is 35.5. The minimum Gasteiger partial charge on any atom is -0.398 e. The first-order valence-electron chi connectivity index (χ1n) is 12.0. The van der Waals surface area contributed by atoms with Gasteiger partial charge in [-0.3, -0.25) is 4.90 Å². The molecular weight excluding hydrogens is 501 g/mol. The van der Waals surface area contributed by atoms with Gasteiger partial charge in [-0.05, 0) is 62.8 Å². The van der Waals surface area contributed by atoms with Crippen LogP contribution in [0.25, 0.3) is 0 Å². The summed E-state index contributed by atoms with van der Waals surface area (Å²) >= 11 is 12.2. The fourth-order valence-corrected chi connectivity index (χ4v) is 4.03. The van der Waals surface area contributed by atoms with Gasteiger partial charge in [0.25, 0.3) is 0 Å². The van der Waals surface area contributed by atoms with Crippen LogP contribution in [0, 0.1) is 18.6 Å². The summed E-state index contributed by atoms with van der Waals surface area (Å²) in [6.45, 7) is 9.06. The molecule has 3 rings (SSSR count). The topological polar surface area (TPSA) is 53.3 Å². The average Bonchev–Trinajstić information content (AvgIpc) is 2.84. The van der Waals surface area contributed by atoms with Crippen LogP contribution in [0.5, 0.6) is 0 Å². The van der Waals surface area contributed by atoms with Gasteiger partial charge in [0.05, 0.1) is 11.9 Å². The van der Waals surface area contributed by atoms with Crippen LogP contribution < -0.4 is 16.4 Å². The van der Waals surface area contributed by atoms with E-state index in [4.69, 9.17) is 28.9 Å². The molecule has 3 aromatic carbocycles. The molecule has 0 radical (unpaired) electrons. The Morgan fingerprint density at radius 1 is 1.03 bits per heavy atom. The number of nitrogen functional groups attached to an aromatic ring is 1. The van der Waals surface area contributed by atoms with Gasteiger partial charge in [-0.15, -0.1) is 0 Å². The lowest BCUT2D eigenvalue weighted by Crippen LogP contribution is -2.34. The molecule has 0 amide bonds. The van der Waals surface area contributed by atoms with Gasteiger partial charge in [0.1, 0.15) is 11.6 Å². The van der Waals surface area contributed by atoms with Crippen LogP contribution in [0.4, 0.5) is 20.2 Å². The number of halogens is 4. The number of nitrogens with two attached hydrogens (primary N) is 1. The molecule has 1 unspecified atom stereocenters. The van der Waals surface area contributed by atoms with E-state index in [1.807, 2.05) is 71.3 Å². The van der Waals surface area contributed by atoms with Gasteiger partial charge in [-0.25, -0.2) is 8.78 Å². The zero-order valence-corrected chi connectivity index (χ0v) is 23.4. The van der Waals surface area contributed by atoms with Crippen molar-refractivity contribution in [2.45, 2.75) is 46.8 Å². The summed E-state index contributed by atoms with van der Waals surface area (Å²) in [5.74, 6) is -1.05. The molecule has 0 saturated carbocycles. The zero-order valence-electron chi connectivity index (χ0n) is 21.9. The second-order valence-electron chi connectivity index (χ2n) is 7.98. The lowest BCUT2D eigenvalue weighted by Gasteiger charge is -2.29. The first-order chi connectivity index (χ1) is 17.2. The molecule has 36 heavy (non-hydrogen) atoms. The van der Waals surface area contributed by atoms with Gasteiger partial charge >= 0.3 is 0 Å². The van der Waals surface area contributed by atoms with E-state index in [1.165, 1.54) is 6.07 Å². The van der Waals surface area contributed by atoms with Crippen LogP contribution in [0.1, 0.15) is 50.0 Å². The molecule has 0 saturated heterocycles. The van der Waals surface area contributed by atoms with E-state index >= 15 is 0 Å². The number of nitrogens with zero attached hydrogens (tertiary/aromatic N) is 1. The lowest BCUT2D eigenvalue weighted by atomic mass is 10.1. The van der Waals surface area contributed by atoms with E-state index in [0.29, 0.717) is 34.4 Å². The molecule has 4 N–H and O–H groups in total. The molecule has 8 heteroatoms. The van der Waals surface area contributed by atoms with Crippen molar-refractivity contribution in [3.8, 4) is 0 Å². The summed E-state index contributed by atoms with van der Waals surface area (Å²) in [6, 6.07) is 15.6.